The van der Waals surface area contributed by atoms with Gasteiger partial charge in [0.15, 0.2) is 0 Å². The van der Waals surface area contributed by atoms with Crippen molar-refractivity contribution in [3.8, 4) is 5.75 Å². The first-order valence-corrected chi connectivity index (χ1v) is 12.5. The summed E-state index contributed by atoms with van der Waals surface area (Å²) in [6.07, 6.45) is -4.47. The van der Waals surface area contributed by atoms with Gasteiger partial charge in [-0.1, -0.05) is 66.7 Å². The summed E-state index contributed by atoms with van der Waals surface area (Å²) in [6, 6.07) is 25.8. The highest BCUT2D eigenvalue weighted by atomic mass is 19.4. The highest BCUT2D eigenvalue weighted by Gasteiger charge is 2.37. The van der Waals surface area contributed by atoms with E-state index in [4.69, 9.17) is 4.74 Å². The normalized spacial score (nSPS) is 17.9. The van der Waals surface area contributed by atoms with E-state index in [1.54, 1.807) is 6.07 Å². The third kappa shape index (κ3) is 5.11. The fraction of sp³-hybridized carbons (Fsp3) is 0.258. The lowest BCUT2D eigenvalue weighted by molar-refractivity contribution is -0.138. The molecule has 4 nitrogen and oxygen atoms in total. The van der Waals surface area contributed by atoms with E-state index in [-0.39, 0.29) is 18.1 Å². The largest absolute Gasteiger partial charge is 0.489 e. The fourth-order valence-corrected chi connectivity index (χ4v) is 5.28. The van der Waals surface area contributed by atoms with E-state index in [0.717, 1.165) is 24.1 Å². The van der Waals surface area contributed by atoms with Crippen LogP contribution in [0.25, 0.3) is 10.8 Å². The van der Waals surface area contributed by atoms with Crippen LogP contribution in [0, 0.1) is 0 Å². The number of rotatable bonds is 6. The molecule has 0 spiro atoms. The van der Waals surface area contributed by atoms with Crippen molar-refractivity contribution in [1.29, 1.82) is 0 Å². The lowest BCUT2D eigenvalue weighted by Gasteiger charge is -2.34. The molecule has 4 aromatic rings. The van der Waals surface area contributed by atoms with Gasteiger partial charge in [0.05, 0.1) is 18.2 Å². The van der Waals surface area contributed by atoms with Crippen molar-refractivity contribution >= 4 is 16.7 Å². The standard InChI is InChI=1S/C31H28F3NO3/c1-19(23-12-7-9-20-8-3-4-10-24(20)23)35-18-22-17-27(25-11-5-6-13-29(25)38-22)21-14-15-26(30(36)37-2)28(16-21)31(32,33)34/h3-16,19,22,27,35H,17-18H2,1-2H3. The minimum Gasteiger partial charge on any atom is -0.489 e. The Balaban J connectivity index is 1.42. The number of hydrogen-bond donors (Lipinski definition) is 1. The molecule has 5 rings (SSSR count). The minimum absolute atomic E-state index is 0.0384. The molecule has 0 saturated heterocycles. The Morgan fingerprint density at radius 1 is 1.03 bits per heavy atom. The number of ether oxygens (including phenoxy) is 2. The summed E-state index contributed by atoms with van der Waals surface area (Å²) in [7, 11) is 1.07. The first kappa shape index (κ1) is 25.8. The molecule has 1 N–H and O–H groups in total. The number of alkyl halides is 3. The molecule has 0 aromatic heterocycles. The molecular weight excluding hydrogens is 491 g/mol. The van der Waals surface area contributed by atoms with Gasteiger partial charge >= 0.3 is 12.1 Å². The van der Waals surface area contributed by atoms with Crippen LogP contribution in [0.1, 0.15) is 57.9 Å². The van der Waals surface area contributed by atoms with Crippen molar-refractivity contribution < 1.29 is 27.4 Å². The molecule has 0 fully saturated rings. The van der Waals surface area contributed by atoms with Gasteiger partial charge in [0.25, 0.3) is 0 Å². The van der Waals surface area contributed by atoms with Gasteiger partial charge in [0.2, 0.25) is 0 Å². The molecule has 0 amide bonds. The number of hydrogen-bond acceptors (Lipinski definition) is 4. The number of benzene rings is 4. The lowest BCUT2D eigenvalue weighted by Crippen LogP contribution is -2.37. The van der Waals surface area contributed by atoms with Gasteiger partial charge in [0, 0.05) is 24.1 Å². The second-order valence-corrected chi connectivity index (χ2v) is 9.56. The van der Waals surface area contributed by atoms with Crippen molar-refractivity contribution in [2.45, 2.75) is 37.6 Å². The topological polar surface area (TPSA) is 47.6 Å². The van der Waals surface area contributed by atoms with Crippen LogP contribution in [0.15, 0.2) is 84.9 Å². The quantitative estimate of drug-likeness (QED) is 0.272. The van der Waals surface area contributed by atoms with Gasteiger partial charge in [-0.05, 0) is 53.4 Å². The predicted octanol–water partition coefficient (Wildman–Crippen LogP) is 7.28. The summed E-state index contributed by atoms with van der Waals surface area (Å²) in [6.45, 7) is 2.61. The molecule has 3 unspecified atom stereocenters. The SMILES string of the molecule is COC(=O)c1ccc(C2CC(CNC(C)c3cccc4ccccc34)Oc3ccccc32)cc1C(F)(F)F. The average Bonchev–Trinajstić information content (AvgIpc) is 2.94. The summed E-state index contributed by atoms with van der Waals surface area (Å²) in [5.74, 6) is -0.688. The number of carbonyl (C=O) groups is 1. The first-order chi connectivity index (χ1) is 18.3. The maximum absolute atomic E-state index is 13.9. The van der Waals surface area contributed by atoms with E-state index in [9.17, 15) is 18.0 Å². The molecule has 0 radical (unpaired) electrons. The number of halogens is 3. The molecule has 0 bridgehead atoms. The average molecular weight is 520 g/mol. The molecule has 1 aliphatic heterocycles. The molecule has 1 aliphatic rings. The Morgan fingerprint density at radius 3 is 2.55 bits per heavy atom. The van der Waals surface area contributed by atoms with Crippen molar-refractivity contribution in [3.63, 3.8) is 0 Å². The van der Waals surface area contributed by atoms with Crippen LogP contribution in [0.4, 0.5) is 13.2 Å². The van der Waals surface area contributed by atoms with Gasteiger partial charge < -0.3 is 14.8 Å². The molecule has 0 saturated carbocycles. The Kier molecular flexibility index (Phi) is 7.13. The zero-order valence-corrected chi connectivity index (χ0v) is 21.1. The highest BCUT2D eigenvalue weighted by molar-refractivity contribution is 5.91. The zero-order chi connectivity index (χ0) is 26.9. The van der Waals surface area contributed by atoms with Crippen molar-refractivity contribution in [3.05, 3.63) is 113 Å². The van der Waals surface area contributed by atoms with Crippen LogP contribution < -0.4 is 10.1 Å². The summed E-state index contributed by atoms with van der Waals surface area (Å²) >= 11 is 0. The smallest absolute Gasteiger partial charge is 0.417 e. The van der Waals surface area contributed by atoms with E-state index in [1.807, 2.05) is 42.5 Å². The molecule has 196 valence electrons. The van der Waals surface area contributed by atoms with E-state index < -0.39 is 23.3 Å². The number of fused-ring (bicyclic) bond motifs is 2. The summed E-state index contributed by atoms with van der Waals surface area (Å²) in [5, 5.41) is 5.90. The van der Waals surface area contributed by atoms with Crippen LogP contribution in [0.3, 0.4) is 0 Å². The van der Waals surface area contributed by atoms with Crippen LogP contribution in [-0.4, -0.2) is 25.7 Å². The Labute approximate surface area is 219 Å². The monoisotopic (exact) mass is 519 g/mol. The van der Waals surface area contributed by atoms with E-state index in [2.05, 4.69) is 41.2 Å². The number of esters is 1. The van der Waals surface area contributed by atoms with Crippen LogP contribution in [0.5, 0.6) is 5.75 Å². The molecule has 4 aromatic carbocycles. The third-order valence-corrected chi connectivity index (χ3v) is 7.18. The second kappa shape index (κ2) is 10.5. The first-order valence-electron chi connectivity index (χ1n) is 12.5. The molecule has 38 heavy (non-hydrogen) atoms. The lowest BCUT2D eigenvalue weighted by atomic mass is 9.83. The van der Waals surface area contributed by atoms with Gasteiger partial charge in [0.1, 0.15) is 11.9 Å². The zero-order valence-electron chi connectivity index (χ0n) is 21.1. The molecule has 1 heterocycles. The second-order valence-electron chi connectivity index (χ2n) is 9.56. The predicted molar refractivity (Wildman–Crippen MR) is 140 cm³/mol. The van der Waals surface area contributed by atoms with Crippen LogP contribution >= 0.6 is 0 Å². The summed E-state index contributed by atoms with van der Waals surface area (Å²) in [5.41, 5.74) is 0.984. The number of nitrogens with one attached hydrogen (secondary N) is 1. The van der Waals surface area contributed by atoms with Gasteiger partial charge in [-0.3, -0.25) is 0 Å². The maximum Gasteiger partial charge on any atom is 0.417 e. The molecule has 0 aliphatic carbocycles. The summed E-state index contributed by atoms with van der Waals surface area (Å²) in [4.78, 5) is 12.0. The maximum atomic E-state index is 13.9. The Hall–Kier alpha value is -3.84. The fourth-order valence-electron chi connectivity index (χ4n) is 5.28. The Morgan fingerprint density at radius 2 is 1.76 bits per heavy atom. The van der Waals surface area contributed by atoms with Gasteiger partial charge in [-0.15, -0.1) is 0 Å². The molecular formula is C31H28F3NO3. The number of carbonyl (C=O) groups excluding carboxylic acids is 1. The van der Waals surface area contributed by atoms with Gasteiger partial charge in [-0.25, -0.2) is 4.79 Å². The van der Waals surface area contributed by atoms with Crippen molar-refractivity contribution in [2.24, 2.45) is 0 Å². The van der Waals surface area contributed by atoms with E-state index in [1.165, 1.54) is 17.0 Å². The van der Waals surface area contributed by atoms with E-state index >= 15 is 0 Å². The van der Waals surface area contributed by atoms with Crippen molar-refractivity contribution in [2.75, 3.05) is 13.7 Å². The van der Waals surface area contributed by atoms with Crippen LogP contribution in [0.2, 0.25) is 0 Å². The third-order valence-electron chi connectivity index (χ3n) is 7.18. The van der Waals surface area contributed by atoms with Crippen LogP contribution in [-0.2, 0) is 10.9 Å². The minimum atomic E-state index is -4.70. The number of methoxy groups -OCH3 is 1. The molecule has 7 heteroatoms. The highest BCUT2D eigenvalue weighted by Crippen LogP contribution is 2.42. The van der Waals surface area contributed by atoms with Crippen molar-refractivity contribution in [1.82, 2.24) is 5.32 Å². The Bertz CT molecular complexity index is 1460. The number of para-hydroxylation sites is 1. The van der Waals surface area contributed by atoms with E-state index in [0.29, 0.717) is 24.3 Å². The summed E-state index contributed by atoms with van der Waals surface area (Å²) < 4.78 is 52.6. The molecule has 3 atom stereocenters. The van der Waals surface area contributed by atoms with Gasteiger partial charge in [-0.2, -0.15) is 13.2 Å².